The van der Waals surface area contributed by atoms with Crippen LogP contribution in [0.3, 0.4) is 0 Å². The van der Waals surface area contributed by atoms with E-state index in [0.717, 1.165) is 27.8 Å². The van der Waals surface area contributed by atoms with Crippen LogP contribution >= 0.6 is 0 Å². The number of nitrogens with one attached hydrogen (secondary N) is 1. The van der Waals surface area contributed by atoms with Crippen molar-refractivity contribution in [2.45, 2.75) is 13.8 Å². The summed E-state index contributed by atoms with van der Waals surface area (Å²) >= 11 is 0. The standard InChI is InChI=1S/C19H23FN2O4S/c1-14-7-8-18(11-15(14)2)26-10-9-21-19(23)13-22(27(3,24)25)17-6-4-5-16(20)12-17/h4-8,11-12H,9-10,13H2,1-3H3,(H,21,23). The highest BCUT2D eigenvalue weighted by Gasteiger charge is 2.21. The van der Waals surface area contributed by atoms with Crippen molar-refractivity contribution in [3.63, 3.8) is 0 Å². The second-order valence-electron chi connectivity index (χ2n) is 6.19. The summed E-state index contributed by atoms with van der Waals surface area (Å²) in [6.45, 7) is 4.01. The lowest BCUT2D eigenvalue weighted by Crippen LogP contribution is -2.41. The van der Waals surface area contributed by atoms with E-state index in [1.807, 2.05) is 32.0 Å². The summed E-state index contributed by atoms with van der Waals surface area (Å²) in [6.07, 6.45) is 0.966. The van der Waals surface area contributed by atoms with Crippen LogP contribution in [0.2, 0.25) is 0 Å². The average molecular weight is 394 g/mol. The van der Waals surface area contributed by atoms with Gasteiger partial charge in [-0.25, -0.2) is 12.8 Å². The van der Waals surface area contributed by atoms with Gasteiger partial charge in [-0.05, 0) is 55.3 Å². The Labute approximate surface area is 159 Å². The van der Waals surface area contributed by atoms with Gasteiger partial charge in [0.25, 0.3) is 0 Å². The molecule has 2 rings (SSSR count). The largest absolute Gasteiger partial charge is 0.492 e. The molecule has 0 radical (unpaired) electrons. The lowest BCUT2D eigenvalue weighted by atomic mass is 10.1. The molecule has 0 unspecified atom stereocenters. The number of ether oxygens (including phenoxy) is 1. The van der Waals surface area contributed by atoms with Crippen molar-refractivity contribution in [1.29, 1.82) is 0 Å². The molecule has 0 heterocycles. The number of rotatable bonds is 8. The molecular formula is C19H23FN2O4S. The second-order valence-corrected chi connectivity index (χ2v) is 8.10. The summed E-state index contributed by atoms with van der Waals surface area (Å²) in [4.78, 5) is 12.1. The fraction of sp³-hybridized carbons (Fsp3) is 0.316. The summed E-state index contributed by atoms with van der Waals surface area (Å²) in [5.74, 6) is -0.387. The van der Waals surface area contributed by atoms with Crippen LogP contribution in [0.5, 0.6) is 5.75 Å². The normalized spacial score (nSPS) is 11.1. The second kappa shape index (κ2) is 8.85. The van der Waals surface area contributed by atoms with E-state index >= 15 is 0 Å². The Hall–Kier alpha value is -2.61. The number of amides is 1. The Morgan fingerprint density at radius 3 is 2.52 bits per heavy atom. The van der Waals surface area contributed by atoms with E-state index in [4.69, 9.17) is 4.74 Å². The third kappa shape index (κ3) is 6.25. The van der Waals surface area contributed by atoms with Crippen molar-refractivity contribution in [1.82, 2.24) is 5.32 Å². The summed E-state index contributed by atoms with van der Waals surface area (Å²) in [5, 5.41) is 2.60. The molecule has 8 heteroatoms. The predicted octanol–water partition coefficient (Wildman–Crippen LogP) is 2.40. The van der Waals surface area contributed by atoms with Gasteiger partial charge < -0.3 is 10.1 Å². The molecule has 27 heavy (non-hydrogen) atoms. The SMILES string of the molecule is Cc1ccc(OCCNC(=O)CN(c2cccc(F)c2)S(C)(=O)=O)cc1C. The molecule has 2 aromatic carbocycles. The Kier molecular flexibility index (Phi) is 6.79. The lowest BCUT2D eigenvalue weighted by molar-refractivity contribution is -0.119. The van der Waals surface area contributed by atoms with Crippen LogP contribution in [0.25, 0.3) is 0 Å². The first-order valence-electron chi connectivity index (χ1n) is 8.37. The maximum Gasteiger partial charge on any atom is 0.240 e. The van der Waals surface area contributed by atoms with Crippen LogP contribution in [0.4, 0.5) is 10.1 Å². The first-order valence-corrected chi connectivity index (χ1v) is 10.2. The van der Waals surface area contributed by atoms with Crippen LogP contribution in [-0.4, -0.2) is 40.3 Å². The van der Waals surface area contributed by atoms with Crippen LogP contribution in [-0.2, 0) is 14.8 Å². The van der Waals surface area contributed by atoms with Gasteiger partial charge in [-0.15, -0.1) is 0 Å². The molecule has 146 valence electrons. The zero-order valence-electron chi connectivity index (χ0n) is 15.5. The summed E-state index contributed by atoms with van der Waals surface area (Å²) in [7, 11) is -3.74. The fourth-order valence-corrected chi connectivity index (χ4v) is 3.23. The number of carbonyl (C=O) groups is 1. The molecule has 0 saturated heterocycles. The third-order valence-corrected chi connectivity index (χ3v) is 5.10. The number of nitrogens with zero attached hydrogens (tertiary/aromatic N) is 1. The van der Waals surface area contributed by atoms with Gasteiger partial charge in [0.15, 0.2) is 0 Å². The molecule has 2 aromatic rings. The Balaban J connectivity index is 1.89. The zero-order valence-corrected chi connectivity index (χ0v) is 16.3. The molecule has 0 aliphatic carbocycles. The van der Waals surface area contributed by atoms with Gasteiger partial charge in [0.1, 0.15) is 24.7 Å². The van der Waals surface area contributed by atoms with E-state index in [9.17, 15) is 17.6 Å². The number of carbonyl (C=O) groups excluding carboxylic acids is 1. The van der Waals surface area contributed by atoms with Crippen molar-refractivity contribution in [2.75, 3.05) is 30.3 Å². The minimum Gasteiger partial charge on any atom is -0.492 e. The van der Waals surface area contributed by atoms with Gasteiger partial charge in [0, 0.05) is 0 Å². The van der Waals surface area contributed by atoms with E-state index in [-0.39, 0.29) is 18.8 Å². The van der Waals surface area contributed by atoms with E-state index in [0.29, 0.717) is 5.75 Å². The molecule has 0 bridgehead atoms. The van der Waals surface area contributed by atoms with E-state index < -0.39 is 28.3 Å². The predicted molar refractivity (Wildman–Crippen MR) is 103 cm³/mol. The monoisotopic (exact) mass is 394 g/mol. The van der Waals surface area contributed by atoms with Gasteiger partial charge in [-0.1, -0.05) is 12.1 Å². The molecule has 0 saturated carbocycles. The van der Waals surface area contributed by atoms with Crippen molar-refractivity contribution < 1.29 is 22.3 Å². The number of halogens is 1. The lowest BCUT2D eigenvalue weighted by Gasteiger charge is -2.21. The molecule has 0 spiro atoms. The Bertz CT molecular complexity index is 916. The zero-order chi connectivity index (χ0) is 20.0. The van der Waals surface area contributed by atoms with Gasteiger partial charge in [0.2, 0.25) is 15.9 Å². The molecule has 0 aliphatic heterocycles. The quantitative estimate of drug-likeness (QED) is 0.698. The number of hydrogen-bond donors (Lipinski definition) is 1. The number of sulfonamides is 1. The van der Waals surface area contributed by atoms with E-state index in [1.165, 1.54) is 18.2 Å². The number of anilines is 1. The van der Waals surface area contributed by atoms with Gasteiger partial charge >= 0.3 is 0 Å². The van der Waals surface area contributed by atoms with Crippen LogP contribution in [0, 0.1) is 19.7 Å². The third-order valence-electron chi connectivity index (χ3n) is 3.96. The van der Waals surface area contributed by atoms with E-state index in [1.54, 1.807) is 0 Å². The summed E-state index contributed by atoms with van der Waals surface area (Å²) < 4.78 is 43.7. The summed E-state index contributed by atoms with van der Waals surface area (Å²) in [6, 6.07) is 10.8. The Morgan fingerprint density at radius 1 is 1.15 bits per heavy atom. The van der Waals surface area contributed by atoms with E-state index in [2.05, 4.69) is 5.32 Å². The minimum atomic E-state index is -3.74. The van der Waals surface area contributed by atoms with Crippen molar-refractivity contribution in [2.24, 2.45) is 0 Å². The topological polar surface area (TPSA) is 75.7 Å². The molecule has 1 N–H and O–H groups in total. The van der Waals surface area contributed by atoms with Crippen molar-refractivity contribution >= 4 is 21.6 Å². The smallest absolute Gasteiger partial charge is 0.240 e. The number of benzene rings is 2. The first-order chi connectivity index (χ1) is 12.7. The maximum absolute atomic E-state index is 13.4. The molecule has 6 nitrogen and oxygen atoms in total. The van der Waals surface area contributed by atoms with Crippen LogP contribution < -0.4 is 14.4 Å². The van der Waals surface area contributed by atoms with Gasteiger partial charge in [0.05, 0.1) is 18.5 Å². The Morgan fingerprint density at radius 2 is 1.89 bits per heavy atom. The maximum atomic E-state index is 13.4. The van der Waals surface area contributed by atoms with Gasteiger partial charge in [-0.3, -0.25) is 9.10 Å². The van der Waals surface area contributed by atoms with Crippen molar-refractivity contribution in [3.8, 4) is 5.75 Å². The highest BCUT2D eigenvalue weighted by Crippen LogP contribution is 2.18. The minimum absolute atomic E-state index is 0.0963. The van der Waals surface area contributed by atoms with Crippen LogP contribution in [0.15, 0.2) is 42.5 Å². The number of hydrogen-bond acceptors (Lipinski definition) is 4. The fourth-order valence-electron chi connectivity index (χ4n) is 2.38. The number of aryl methyl sites for hydroxylation is 2. The molecule has 0 fully saturated rings. The first kappa shape index (κ1) is 20.7. The highest BCUT2D eigenvalue weighted by atomic mass is 32.2. The molecular weight excluding hydrogens is 371 g/mol. The van der Waals surface area contributed by atoms with Gasteiger partial charge in [-0.2, -0.15) is 0 Å². The highest BCUT2D eigenvalue weighted by molar-refractivity contribution is 7.92. The van der Waals surface area contributed by atoms with Crippen LogP contribution in [0.1, 0.15) is 11.1 Å². The summed E-state index contributed by atoms with van der Waals surface area (Å²) in [5.41, 5.74) is 2.36. The average Bonchev–Trinajstić information content (AvgIpc) is 2.58. The molecule has 0 aliphatic rings. The van der Waals surface area contributed by atoms with Crippen molar-refractivity contribution in [3.05, 3.63) is 59.4 Å². The molecule has 1 amide bonds. The molecule has 0 atom stereocenters. The molecule has 0 aromatic heterocycles.